The molecule has 0 aliphatic rings. The van der Waals surface area contributed by atoms with E-state index >= 15 is 0 Å². The fraction of sp³-hybridized carbons (Fsp3) is 0.263. The van der Waals surface area contributed by atoms with Gasteiger partial charge in [-0.1, -0.05) is 17.7 Å². The molecule has 138 valence electrons. The molecule has 0 radical (unpaired) electrons. The number of hydrogen-bond acceptors (Lipinski definition) is 5. The minimum Gasteiger partial charge on any atom is -0.496 e. The van der Waals surface area contributed by atoms with Gasteiger partial charge in [0.2, 0.25) is 0 Å². The molecule has 0 saturated carbocycles. The third kappa shape index (κ3) is 4.93. The molecule has 0 heterocycles. The second kappa shape index (κ2) is 8.96. The van der Waals surface area contributed by atoms with Crippen LogP contribution in [0.5, 0.6) is 5.75 Å². The van der Waals surface area contributed by atoms with Crippen LogP contribution in [0.15, 0.2) is 35.2 Å². The lowest BCUT2D eigenvalue weighted by molar-refractivity contribution is -0.119. The van der Waals surface area contributed by atoms with Crippen molar-refractivity contribution in [3.8, 4) is 5.75 Å². The van der Waals surface area contributed by atoms with E-state index < -0.39 is 18.5 Å². The van der Waals surface area contributed by atoms with Crippen LogP contribution < -0.4 is 10.1 Å². The summed E-state index contributed by atoms with van der Waals surface area (Å²) in [4.78, 5) is 25.3. The van der Waals surface area contributed by atoms with Crippen molar-refractivity contribution in [2.45, 2.75) is 18.7 Å². The zero-order chi connectivity index (χ0) is 19.3. The van der Waals surface area contributed by atoms with E-state index in [1.807, 2.05) is 26.2 Å². The topological polar surface area (TPSA) is 64.6 Å². The number of halogens is 1. The van der Waals surface area contributed by atoms with E-state index in [4.69, 9.17) is 21.1 Å². The Hall–Kier alpha value is -2.18. The van der Waals surface area contributed by atoms with Crippen LogP contribution >= 0.6 is 23.4 Å². The summed E-state index contributed by atoms with van der Waals surface area (Å²) >= 11 is 7.70. The number of rotatable bonds is 6. The zero-order valence-electron chi connectivity index (χ0n) is 15.0. The minimum absolute atomic E-state index is 0.266. The largest absolute Gasteiger partial charge is 0.496 e. The highest BCUT2D eigenvalue weighted by Gasteiger charge is 2.17. The molecule has 0 saturated heterocycles. The second-order valence-electron chi connectivity index (χ2n) is 5.63. The fourth-order valence-corrected chi connectivity index (χ4v) is 3.22. The van der Waals surface area contributed by atoms with E-state index in [1.54, 1.807) is 24.3 Å². The van der Waals surface area contributed by atoms with Crippen LogP contribution in [0, 0.1) is 13.8 Å². The molecule has 5 nitrogen and oxygen atoms in total. The molecule has 1 N–H and O–H groups in total. The summed E-state index contributed by atoms with van der Waals surface area (Å²) in [5.41, 5.74) is 2.62. The van der Waals surface area contributed by atoms with Crippen molar-refractivity contribution in [3.05, 3.63) is 52.0 Å². The van der Waals surface area contributed by atoms with Crippen LogP contribution in [0.2, 0.25) is 5.02 Å². The van der Waals surface area contributed by atoms with Crippen molar-refractivity contribution in [2.24, 2.45) is 0 Å². The van der Waals surface area contributed by atoms with Gasteiger partial charge in [0.05, 0.1) is 17.8 Å². The normalized spacial score (nSPS) is 10.3. The molecule has 26 heavy (non-hydrogen) atoms. The van der Waals surface area contributed by atoms with E-state index in [2.05, 4.69) is 5.32 Å². The average Bonchev–Trinajstić information content (AvgIpc) is 2.62. The molecule has 0 atom stereocenters. The SMILES string of the molecule is COc1cc(SC)ccc1C(=O)OCC(=O)Nc1c(C)cc(C)cc1Cl. The highest BCUT2D eigenvalue weighted by molar-refractivity contribution is 7.98. The van der Waals surface area contributed by atoms with Crippen molar-refractivity contribution in [3.63, 3.8) is 0 Å². The standard InChI is InChI=1S/C19H20ClNO4S/c1-11-7-12(2)18(15(20)8-11)21-17(22)10-25-19(23)14-6-5-13(26-4)9-16(14)24-3/h5-9H,10H2,1-4H3,(H,21,22). The number of hydrogen-bond donors (Lipinski definition) is 1. The molecule has 0 aliphatic carbocycles. The lowest BCUT2D eigenvalue weighted by Crippen LogP contribution is -2.21. The Balaban J connectivity index is 2.03. The maximum absolute atomic E-state index is 12.2. The van der Waals surface area contributed by atoms with Gasteiger partial charge in [0.15, 0.2) is 6.61 Å². The first-order chi connectivity index (χ1) is 12.3. The van der Waals surface area contributed by atoms with Crippen LogP contribution in [0.3, 0.4) is 0 Å². The molecule has 2 aromatic carbocycles. The number of aryl methyl sites for hydroxylation is 2. The third-order valence-corrected chi connectivity index (χ3v) is 4.68. The Bertz CT molecular complexity index is 815. The molecular formula is C19H20ClNO4S. The Labute approximate surface area is 162 Å². The molecular weight excluding hydrogens is 374 g/mol. The number of carbonyl (C=O) groups excluding carboxylic acids is 2. The van der Waals surface area contributed by atoms with E-state index in [-0.39, 0.29) is 5.56 Å². The van der Waals surface area contributed by atoms with Gasteiger partial charge in [-0.05, 0) is 55.5 Å². The molecule has 0 spiro atoms. The number of thioether (sulfide) groups is 1. The zero-order valence-corrected chi connectivity index (χ0v) is 16.6. The summed E-state index contributed by atoms with van der Waals surface area (Å²) in [6, 6.07) is 8.82. The molecule has 2 aromatic rings. The fourth-order valence-electron chi connectivity index (χ4n) is 2.43. The van der Waals surface area contributed by atoms with Crippen molar-refractivity contribution >= 4 is 40.9 Å². The number of methoxy groups -OCH3 is 1. The number of amides is 1. The van der Waals surface area contributed by atoms with Crippen LogP contribution in [0.25, 0.3) is 0 Å². The van der Waals surface area contributed by atoms with Crippen molar-refractivity contribution in [1.29, 1.82) is 0 Å². The van der Waals surface area contributed by atoms with E-state index in [9.17, 15) is 9.59 Å². The Morgan fingerprint density at radius 3 is 2.54 bits per heavy atom. The van der Waals surface area contributed by atoms with Gasteiger partial charge in [0, 0.05) is 4.90 Å². The highest BCUT2D eigenvalue weighted by Crippen LogP contribution is 2.28. The van der Waals surface area contributed by atoms with Crippen LogP contribution in [0.4, 0.5) is 5.69 Å². The first-order valence-electron chi connectivity index (χ1n) is 7.81. The Morgan fingerprint density at radius 2 is 1.92 bits per heavy atom. The van der Waals surface area contributed by atoms with E-state index in [0.29, 0.717) is 16.5 Å². The lowest BCUT2D eigenvalue weighted by atomic mass is 10.1. The van der Waals surface area contributed by atoms with E-state index in [1.165, 1.54) is 18.9 Å². The third-order valence-electron chi connectivity index (χ3n) is 3.66. The average molecular weight is 394 g/mol. The van der Waals surface area contributed by atoms with Crippen molar-refractivity contribution in [2.75, 3.05) is 25.3 Å². The number of anilines is 1. The number of nitrogens with one attached hydrogen (secondary N) is 1. The van der Waals surface area contributed by atoms with Crippen LogP contribution in [-0.2, 0) is 9.53 Å². The maximum atomic E-state index is 12.2. The summed E-state index contributed by atoms with van der Waals surface area (Å²) in [7, 11) is 1.48. The molecule has 2 rings (SSSR count). The number of ether oxygens (including phenoxy) is 2. The molecule has 0 fully saturated rings. The number of benzene rings is 2. The summed E-state index contributed by atoms with van der Waals surface area (Å²) < 4.78 is 10.3. The molecule has 0 bridgehead atoms. The maximum Gasteiger partial charge on any atom is 0.342 e. The van der Waals surface area contributed by atoms with E-state index in [0.717, 1.165) is 16.0 Å². The van der Waals surface area contributed by atoms with Gasteiger partial charge in [-0.3, -0.25) is 4.79 Å². The van der Waals surface area contributed by atoms with Gasteiger partial charge in [0.25, 0.3) is 5.91 Å². The van der Waals surface area contributed by atoms with Gasteiger partial charge in [-0.15, -0.1) is 11.8 Å². The molecule has 0 aromatic heterocycles. The molecule has 7 heteroatoms. The second-order valence-corrected chi connectivity index (χ2v) is 6.92. The monoisotopic (exact) mass is 393 g/mol. The predicted molar refractivity (Wildman–Crippen MR) is 105 cm³/mol. The van der Waals surface area contributed by atoms with Gasteiger partial charge in [-0.25, -0.2) is 4.79 Å². The van der Waals surface area contributed by atoms with Crippen LogP contribution in [0.1, 0.15) is 21.5 Å². The van der Waals surface area contributed by atoms with Crippen LogP contribution in [-0.4, -0.2) is 31.8 Å². The summed E-state index contributed by atoms with van der Waals surface area (Å²) in [5, 5.41) is 3.12. The van der Waals surface area contributed by atoms with Gasteiger partial charge in [0.1, 0.15) is 11.3 Å². The van der Waals surface area contributed by atoms with Gasteiger partial charge in [-0.2, -0.15) is 0 Å². The first-order valence-corrected chi connectivity index (χ1v) is 9.41. The van der Waals surface area contributed by atoms with Crippen molar-refractivity contribution in [1.82, 2.24) is 0 Å². The van der Waals surface area contributed by atoms with Gasteiger partial charge < -0.3 is 14.8 Å². The highest BCUT2D eigenvalue weighted by atomic mass is 35.5. The first kappa shape index (κ1) is 20.1. The number of carbonyl (C=O) groups is 2. The Kier molecular flexibility index (Phi) is 6.94. The summed E-state index contributed by atoms with van der Waals surface area (Å²) in [6.45, 7) is 3.34. The molecule has 1 amide bonds. The van der Waals surface area contributed by atoms with Crippen molar-refractivity contribution < 1.29 is 19.1 Å². The van der Waals surface area contributed by atoms with Gasteiger partial charge >= 0.3 is 5.97 Å². The number of esters is 1. The minimum atomic E-state index is -0.628. The predicted octanol–water partition coefficient (Wildman–Crippen LogP) is 4.48. The quantitative estimate of drug-likeness (QED) is 0.579. The lowest BCUT2D eigenvalue weighted by Gasteiger charge is -2.12. The Morgan fingerprint density at radius 1 is 1.19 bits per heavy atom. The smallest absolute Gasteiger partial charge is 0.342 e. The molecule has 0 aliphatic heterocycles. The summed E-state index contributed by atoms with van der Waals surface area (Å²) in [5.74, 6) is -0.692. The summed E-state index contributed by atoms with van der Waals surface area (Å²) in [6.07, 6.45) is 1.93. The molecule has 0 unspecified atom stereocenters.